The minimum atomic E-state index is 0.687. The van der Waals surface area contributed by atoms with Gasteiger partial charge in [-0.2, -0.15) is 0 Å². The van der Waals surface area contributed by atoms with Crippen molar-refractivity contribution in [3.05, 3.63) is 23.9 Å². The highest BCUT2D eigenvalue weighted by atomic mass is 16.5. The summed E-state index contributed by atoms with van der Waals surface area (Å²) in [5.74, 6) is 0.687. The number of ether oxygens (including phenoxy) is 1. The Morgan fingerprint density at radius 1 is 1.40 bits per heavy atom. The van der Waals surface area contributed by atoms with E-state index in [9.17, 15) is 0 Å². The topological polar surface area (TPSA) is 37.4 Å². The molecule has 1 fully saturated rings. The summed E-state index contributed by atoms with van der Waals surface area (Å²) in [4.78, 5) is 7.02. The minimum absolute atomic E-state index is 0.687. The number of aromatic nitrogens is 1. The molecule has 1 unspecified atom stereocenters. The van der Waals surface area contributed by atoms with Crippen LogP contribution in [0.2, 0.25) is 0 Å². The monoisotopic (exact) mass is 277 g/mol. The molecule has 0 spiro atoms. The van der Waals surface area contributed by atoms with Crippen molar-refractivity contribution >= 4 is 0 Å². The van der Waals surface area contributed by atoms with Crippen molar-refractivity contribution in [1.29, 1.82) is 0 Å². The van der Waals surface area contributed by atoms with Crippen LogP contribution in [0.25, 0.3) is 0 Å². The lowest BCUT2D eigenvalue weighted by Gasteiger charge is -2.33. The van der Waals surface area contributed by atoms with E-state index < -0.39 is 0 Å². The van der Waals surface area contributed by atoms with Crippen molar-refractivity contribution in [3.63, 3.8) is 0 Å². The van der Waals surface area contributed by atoms with Gasteiger partial charge < -0.3 is 15.0 Å². The van der Waals surface area contributed by atoms with Gasteiger partial charge in [-0.05, 0) is 51.9 Å². The van der Waals surface area contributed by atoms with Crippen LogP contribution in [-0.2, 0) is 6.54 Å². The Hall–Kier alpha value is -1.13. The van der Waals surface area contributed by atoms with Crippen molar-refractivity contribution < 1.29 is 4.74 Å². The van der Waals surface area contributed by atoms with Crippen LogP contribution in [0.5, 0.6) is 5.88 Å². The highest BCUT2D eigenvalue weighted by Gasteiger charge is 2.16. The second kappa shape index (κ2) is 8.22. The maximum atomic E-state index is 5.13. The summed E-state index contributed by atoms with van der Waals surface area (Å²) < 4.78 is 5.13. The Kier molecular flexibility index (Phi) is 6.27. The Labute approximate surface area is 122 Å². The van der Waals surface area contributed by atoms with Gasteiger partial charge in [-0.15, -0.1) is 0 Å². The summed E-state index contributed by atoms with van der Waals surface area (Å²) in [6.45, 7) is 6.69. The number of nitrogens with one attached hydrogen (secondary N) is 1. The number of hydrogen-bond acceptors (Lipinski definition) is 4. The number of methoxy groups -OCH3 is 1. The Bertz CT molecular complexity index is 397. The number of likely N-dealkylation sites (tertiary alicyclic amines) is 1. The van der Waals surface area contributed by atoms with E-state index in [0.717, 1.165) is 24.8 Å². The summed E-state index contributed by atoms with van der Waals surface area (Å²) in [7, 11) is 1.65. The third-order valence-corrected chi connectivity index (χ3v) is 4.04. The third kappa shape index (κ3) is 4.76. The summed E-state index contributed by atoms with van der Waals surface area (Å²) in [6, 6.07) is 6.66. The molecule has 1 saturated heterocycles. The normalized spacial score (nSPS) is 20.0. The molecule has 0 saturated carbocycles. The highest BCUT2D eigenvalue weighted by molar-refractivity contribution is 5.15. The highest BCUT2D eigenvalue weighted by Crippen LogP contribution is 2.16. The quantitative estimate of drug-likeness (QED) is 0.777. The van der Waals surface area contributed by atoms with Crippen LogP contribution in [0.15, 0.2) is 18.2 Å². The van der Waals surface area contributed by atoms with Crippen LogP contribution in [0.1, 0.15) is 38.3 Å². The molecule has 4 nitrogen and oxygen atoms in total. The summed E-state index contributed by atoms with van der Waals surface area (Å²) in [5, 5.41) is 3.46. The van der Waals surface area contributed by atoms with E-state index in [4.69, 9.17) is 4.74 Å². The average Bonchev–Trinajstić information content (AvgIpc) is 2.49. The second-order valence-corrected chi connectivity index (χ2v) is 5.58. The summed E-state index contributed by atoms with van der Waals surface area (Å²) in [6.07, 6.45) is 5.33. The standard InChI is InChI=1S/C16H27N3O/c1-14-7-3-4-11-19(14)12-6-10-17-13-15-8-5-9-16(18-15)20-2/h5,8-9,14,17H,3-4,6-7,10-13H2,1-2H3. The molecule has 1 N–H and O–H groups in total. The van der Waals surface area contributed by atoms with Gasteiger partial charge in [0.2, 0.25) is 5.88 Å². The molecule has 20 heavy (non-hydrogen) atoms. The van der Waals surface area contributed by atoms with Crippen molar-refractivity contribution in [1.82, 2.24) is 15.2 Å². The van der Waals surface area contributed by atoms with Gasteiger partial charge in [0.15, 0.2) is 0 Å². The molecule has 0 aromatic carbocycles. The largest absolute Gasteiger partial charge is 0.481 e. The number of hydrogen-bond donors (Lipinski definition) is 1. The van der Waals surface area contributed by atoms with Crippen molar-refractivity contribution in [3.8, 4) is 5.88 Å². The van der Waals surface area contributed by atoms with Crippen LogP contribution in [0, 0.1) is 0 Å². The number of piperidine rings is 1. The van der Waals surface area contributed by atoms with Gasteiger partial charge >= 0.3 is 0 Å². The van der Waals surface area contributed by atoms with Crippen LogP contribution in [0.3, 0.4) is 0 Å². The van der Waals surface area contributed by atoms with E-state index in [0.29, 0.717) is 5.88 Å². The fraction of sp³-hybridized carbons (Fsp3) is 0.688. The zero-order chi connectivity index (χ0) is 14.2. The lowest BCUT2D eigenvalue weighted by atomic mass is 10.0. The minimum Gasteiger partial charge on any atom is -0.481 e. The molecular weight excluding hydrogens is 250 g/mol. The lowest BCUT2D eigenvalue weighted by molar-refractivity contribution is 0.159. The van der Waals surface area contributed by atoms with Gasteiger partial charge in [-0.25, -0.2) is 4.98 Å². The molecule has 4 heteroatoms. The fourth-order valence-corrected chi connectivity index (χ4v) is 2.78. The SMILES string of the molecule is COc1cccc(CNCCCN2CCCCC2C)n1. The predicted octanol–water partition coefficient (Wildman–Crippen LogP) is 2.44. The molecular formula is C16H27N3O. The van der Waals surface area contributed by atoms with Gasteiger partial charge in [-0.3, -0.25) is 0 Å². The molecule has 112 valence electrons. The third-order valence-electron chi connectivity index (χ3n) is 4.04. The molecule has 1 aliphatic rings. The van der Waals surface area contributed by atoms with Gasteiger partial charge in [0.05, 0.1) is 12.8 Å². The van der Waals surface area contributed by atoms with Crippen LogP contribution in [-0.4, -0.2) is 42.7 Å². The number of rotatable bonds is 7. The maximum absolute atomic E-state index is 5.13. The number of pyridine rings is 1. The maximum Gasteiger partial charge on any atom is 0.213 e. The smallest absolute Gasteiger partial charge is 0.213 e. The van der Waals surface area contributed by atoms with Gasteiger partial charge in [-0.1, -0.05) is 12.5 Å². The zero-order valence-corrected chi connectivity index (χ0v) is 12.8. The molecule has 1 aromatic rings. The summed E-state index contributed by atoms with van der Waals surface area (Å²) in [5.41, 5.74) is 1.04. The molecule has 0 radical (unpaired) electrons. The van der Waals surface area contributed by atoms with Crippen LogP contribution in [0.4, 0.5) is 0 Å². The van der Waals surface area contributed by atoms with E-state index >= 15 is 0 Å². The van der Waals surface area contributed by atoms with E-state index in [1.807, 2.05) is 18.2 Å². The zero-order valence-electron chi connectivity index (χ0n) is 12.8. The lowest BCUT2D eigenvalue weighted by Crippen LogP contribution is -2.38. The van der Waals surface area contributed by atoms with Crippen LogP contribution < -0.4 is 10.1 Å². The Balaban J connectivity index is 1.61. The molecule has 2 rings (SSSR count). The van der Waals surface area contributed by atoms with E-state index in [1.54, 1.807) is 7.11 Å². The first-order valence-corrected chi connectivity index (χ1v) is 7.74. The first kappa shape index (κ1) is 15.3. The molecule has 1 aliphatic heterocycles. The fourth-order valence-electron chi connectivity index (χ4n) is 2.78. The van der Waals surface area contributed by atoms with Crippen molar-refractivity contribution in [2.45, 2.75) is 45.2 Å². The van der Waals surface area contributed by atoms with Gasteiger partial charge in [0.25, 0.3) is 0 Å². The van der Waals surface area contributed by atoms with E-state index in [1.165, 1.54) is 38.8 Å². The Morgan fingerprint density at radius 3 is 3.10 bits per heavy atom. The van der Waals surface area contributed by atoms with Crippen molar-refractivity contribution in [2.75, 3.05) is 26.7 Å². The van der Waals surface area contributed by atoms with E-state index in [2.05, 4.69) is 22.1 Å². The molecule has 1 aromatic heterocycles. The Morgan fingerprint density at radius 2 is 2.30 bits per heavy atom. The van der Waals surface area contributed by atoms with E-state index in [-0.39, 0.29) is 0 Å². The molecule has 0 aliphatic carbocycles. The molecule has 0 amide bonds. The first-order valence-electron chi connectivity index (χ1n) is 7.74. The molecule has 2 heterocycles. The van der Waals surface area contributed by atoms with Crippen molar-refractivity contribution in [2.24, 2.45) is 0 Å². The predicted molar refractivity (Wildman–Crippen MR) is 82.0 cm³/mol. The van der Waals surface area contributed by atoms with Crippen LogP contribution >= 0.6 is 0 Å². The molecule has 0 bridgehead atoms. The first-order chi connectivity index (χ1) is 9.79. The van der Waals surface area contributed by atoms with Gasteiger partial charge in [0, 0.05) is 18.7 Å². The molecule has 1 atom stereocenters. The number of nitrogens with zero attached hydrogens (tertiary/aromatic N) is 2. The summed E-state index contributed by atoms with van der Waals surface area (Å²) >= 11 is 0. The van der Waals surface area contributed by atoms with Gasteiger partial charge in [0.1, 0.15) is 0 Å². The second-order valence-electron chi connectivity index (χ2n) is 5.58. The average molecular weight is 277 g/mol.